The Morgan fingerprint density at radius 1 is 0.945 bits per heavy atom. The van der Waals surface area contributed by atoms with Crippen LogP contribution >= 0.6 is 19.5 Å². The molecule has 2 aromatic rings. The number of carbonyl (C=O) groups is 4. The number of hydrogen-bond acceptors (Lipinski definition) is 14. The number of benzene rings is 1. The number of carboxylic acid groups (broad SMARTS) is 1. The van der Waals surface area contributed by atoms with Crippen molar-refractivity contribution >= 4 is 49.6 Å². The van der Waals surface area contributed by atoms with Crippen molar-refractivity contribution < 1.29 is 61.2 Å². The number of imide groups is 1. The summed E-state index contributed by atoms with van der Waals surface area (Å²) in [5, 5.41) is 9.60. The SMILES string of the molecule is CC(C)C(NP(=O)(OC[C@H]1SC(n2ccc(N(C(=O)OC(C)(C)C)C(=O)OC(C)(C)C)nc2=O)[C@@H](F)[C@@H]1OC(=O)OC(C)(C)C)Oc1ccccc1)C(=O)O. The smallest absolute Gasteiger partial charge is 0.480 e. The van der Waals surface area contributed by atoms with Crippen molar-refractivity contribution in [3.63, 3.8) is 0 Å². The van der Waals surface area contributed by atoms with Crippen LogP contribution in [0.5, 0.6) is 5.75 Å². The third kappa shape index (κ3) is 13.5. The van der Waals surface area contributed by atoms with Crippen LogP contribution in [-0.2, 0) is 32.8 Å². The van der Waals surface area contributed by atoms with Crippen molar-refractivity contribution in [2.24, 2.45) is 5.92 Å². The summed E-state index contributed by atoms with van der Waals surface area (Å²) < 4.78 is 64.2. The Hall–Kier alpha value is -4.19. The molecule has 3 rings (SSSR count). The zero-order valence-electron chi connectivity index (χ0n) is 32.6. The maximum atomic E-state index is 16.5. The lowest BCUT2D eigenvalue weighted by molar-refractivity contribution is -0.140. The molecule has 3 unspecified atom stereocenters. The monoisotopic (exact) mass is 816 g/mol. The second kappa shape index (κ2) is 17.7. The quantitative estimate of drug-likeness (QED) is 0.124. The lowest BCUT2D eigenvalue weighted by atomic mass is 10.1. The minimum atomic E-state index is -4.55. The summed E-state index contributed by atoms with van der Waals surface area (Å²) in [5.41, 5.74) is -4.25. The van der Waals surface area contributed by atoms with Crippen LogP contribution in [0.15, 0.2) is 47.4 Å². The number of amides is 2. The van der Waals surface area contributed by atoms with Crippen molar-refractivity contribution in [1.82, 2.24) is 14.6 Å². The van der Waals surface area contributed by atoms with E-state index in [-0.39, 0.29) is 5.75 Å². The summed E-state index contributed by atoms with van der Waals surface area (Å²) in [4.78, 5) is 69.0. The molecule has 20 heteroatoms. The van der Waals surface area contributed by atoms with Gasteiger partial charge in [0.15, 0.2) is 18.1 Å². The molecule has 1 fully saturated rings. The largest absolute Gasteiger partial charge is 0.509 e. The highest BCUT2D eigenvalue weighted by atomic mass is 32.2. The topological polar surface area (TPSA) is 211 Å². The molecule has 2 heterocycles. The number of carbonyl (C=O) groups excluding carboxylic acids is 3. The number of halogens is 1. The molecule has 2 N–H and O–H groups in total. The summed E-state index contributed by atoms with van der Waals surface area (Å²) in [7, 11) is -4.55. The molecule has 306 valence electrons. The number of nitrogens with zero attached hydrogens (tertiary/aromatic N) is 3. The molecule has 0 bridgehead atoms. The summed E-state index contributed by atoms with van der Waals surface area (Å²) in [6, 6.07) is 7.47. The van der Waals surface area contributed by atoms with E-state index in [0.717, 1.165) is 28.6 Å². The molecule has 2 amide bonds. The Morgan fingerprint density at radius 3 is 1.96 bits per heavy atom. The van der Waals surface area contributed by atoms with Gasteiger partial charge in [0.05, 0.1) is 11.9 Å². The van der Waals surface area contributed by atoms with Crippen LogP contribution in [0.25, 0.3) is 0 Å². The molecule has 55 heavy (non-hydrogen) atoms. The van der Waals surface area contributed by atoms with Gasteiger partial charge >= 0.3 is 37.7 Å². The third-order valence-corrected chi connectivity index (χ3v) is 10.0. The number of aromatic nitrogens is 2. The Morgan fingerprint density at radius 2 is 1.49 bits per heavy atom. The molecular weight excluding hydrogens is 766 g/mol. The van der Waals surface area contributed by atoms with Gasteiger partial charge in [0.1, 0.15) is 34.0 Å². The summed E-state index contributed by atoms with van der Waals surface area (Å²) in [5.74, 6) is -2.33. The van der Waals surface area contributed by atoms with Gasteiger partial charge in [-0.1, -0.05) is 32.0 Å². The highest BCUT2D eigenvalue weighted by Gasteiger charge is 2.50. The molecule has 6 atom stereocenters. The van der Waals surface area contributed by atoms with Crippen molar-refractivity contribution in [3.8, 4) is 5.75 Å². The first-order chi connectivity index (χ1) is 25.2. The van der Waals surface area contributed by atoms with Crippen LogP contribution < -0.4 is 20.2 Å². The first-order valence-electron chi connectivity index (χ1n) is 17.2. The number of nitrogens with one attached hydrogen (secondary N) is 1. The predicted molar refractivity (Wildman–Crippen MR) is 200 cm³/mol. The van der Waals surface area contributed by atoms with Crippen molar-refractivity contribution in [2.45, 2.75) is 122 Å². The zero-order chi connectivity index (χ0) is 41.7. The van der Waals surface area contributed by atoms with Crippen molar-refractivity contribution in [2.75, 3.05) is 11.5 Å². The maximum absolute atomic E-state index is 16.5. The number of ether oxygens (including phenoxy) is 4. The van der Waals surface area contributed by atoms with E-state index in [1.165, 1.54) is 12.1 Å². The summed E-state index contributed by atoms with van der Waals surface area (Å²) in [6.07, 6.45) is -6.37. The first-order valence-corrected chi connectivity index (χ1v) is 19.7. The maximum Gasteiger partial charge on any atom is 0.509 e. The van der Waals surface area contributed by atoms with Crippen LogP contribution in [-0.4, -0.2) is 85.9 Å². The highest BCUT2D eigenvalue weighted by Crippen LogP contribution is 2.50. The van der Waals surface area contributed by atoms with Crippen LogP contribution in [0.2, 0.25) is 0 Å². The van der Waals surface area contributed by atoms with Crippen LogP contribution in [0.4, 0.5) is 24.6 Å². The van der Waals surface area contributed by atoms with Gasteiger partial charge < -0.3 is 28.6 Å². The predicted octanol–water partition coefficient (Wildman–Crippen LogP) is 7.09. The molecular formula is C35H50FN4O13PS. The Bertz CT molecular complexity index is 1760. The fourth-order valence-corrected chi connectivity index (χ4v) is 7.97. The molecule has 0 radical (unpaired) electrons. The van der Waals surface area contributed by atoms with Gasteiger partial charge in [0.2, 0.25) is 0 Å². The molecule has 0 spiro atoms. The molecule has 1 aliphatic heterocycles. The van der Waals surface area contributed by atoms with E-state index < -0.39 is 102 Å². The second-order valence-electron chi connectivity index (χ2n) is 15.7. The molecule has 1 aromatic heterocycles. The highest BCUT2D eigenvalue weighted by molar-refractivity contribution is 8.00. The number of hydrogen-bond donors (Lipinski definition) is 2. The lowest BCUT2D eigenvalue weighted by Crippen LogP contribution is -2.45. The van der Waals surface area contributed by atoms with E-state index in [0.29, 0.717) is 4.90 Å². The van der Waals surface area contributed by atoms with E-state index >= 15 is 4.39 Å². The van der Waals surface area contributed by atoms with E-state index in [4.69, 9.17) is 28.0 Å². The minimum absolute atomic E-state index is 0.0672. The van der Waals surface area contributed by atoms with Crippen molar-refractivity contribution in [3.05, 3.63) is 53.1 Å². The van der Waals surface area contributed by atoms with Crippen LogP contribution in [0.3, 0.4) is 0 Å². The minimum Gasteiger partial charge on any atom is -0.480 e. The fourth-order valence-electron chi connectivity index (χ4n) is 4.72. The Kier molecular flexibility index (Phi) is 14.6. The Labute approximate surface area is 323 Å². The molecule has 1 saturated heterocycles. The summed E-state index contributed by atoms with van der Waals surface area (Å²) in [6.45, 7) is 16.6. The van der Waals surface area contributed by atoms with Gasteiger partial charge in [-0.05, 0) is 86.4 Å². The number of alkyl halides is 1. The molecule has 1 aliphatic rings. The van der Waals surface area contributed by atoms with E-state index in [2.05, 4.69) is 10.1 Å². The standard InChI is InChI=1S/C35H50FN4O13PS/c1-20(2)25(28(41)42)38-54(47,53-21-15-13-12-14-16-21)48-19-22-26(49-32(46)52-35(9,10)11)24(36)27(55-22)39-18-17-23(37-29(39)43)40(30(44)50-33(3,4)5)31(45)51-34(6,7)8/h12-18,20,22,24-27H,19H2,1-11H3,(H,38,47)(H,41,42)/t22-,24+,25?,26-,27?,54?/m1/s1. The van der Waals surface area contributed by atoms with Gasteiger partial charge in [0.25, 0.3) is 0 Å². The molecule has 0 aliphatic carbocycles. The van der Waals surface area contributed by atoms with Gasteiger partial charge in [-0.25, -0.2) is 28.1 Å². The molecule has 0 saturated carbocycles. The normalized spacial score (nSPS) is 20.5. The average molecular weight is 817 g/mol. The van der Waals surface area contributed by atoms with Gasteiger partial charge in [-0.15, -0.1) is 11.8 Å². The number of aliphatic carboxylic acids is 1. The average Bonchev–Trinajstić information content (AvgIpc) is 3.30. The van der Waals surface area contributed by atoms with Crippen LogP contribution in [0.1, 0.15) is 81.5 Å². The number of para-hydroxylation sites is 1. The van der Waals surface area contributed by atoms with Gasteiger partial charge in [-0.2, -0.15) is 15.0 Å². The second-order valence-corrected chi connectivity index (χ2v) is 18.8. The summed E-state index contributed by atoms with van der Waals surface area (Å²) >= 11 is 0.748. The lowest BCUT2D eigenvalue weighted by Gasteiger charge is -2.28. The van der Waals surface area contributed by atoms with Gasteiger partial charge in [0, 0.05) is 6.20 Å². The first kappa shape index (κ1) is 45.2. The molecule has 1 aromatic carbocycles. The zero-order valence-corrected chi connectivity index (χ0v) is 34.3. The number of anilines is 1. The molecule has 17 nitrogen and oxygen atoms in total. The van der Waals surface area contributed by atoms with Crippen LogP contribution in [0, 0.1) is 5.92 Å². The van der Waals surface area contributed by atoms with E-state index in [9.17, 15) is 33.6 Å². The van der Waals surface area contributed by atoms with Crippen molar-refractivity contribution in [1.29, 1.82) is 0 Å². The Balaban J connectivity index is 2.02. The van der Waals surface area contributed by atoms with E-state index in [1.54, 1.807) is 94.4 Å². The fraction of sp³-hybridized carbons (Fsp3) is 0.600. The van der Waals surface area contributed by atoms with E-state index in [1.807, 2.05) is 0 Å². The number of thioether (sulfide) groups is 1. The number of rotatable bonds is 12. The third-order valence-electron chi connectivity index (χ3n) is 6.97. The number of carboxylic acids is 1. The van der Waals surface area contributed by atoms with Gasteiger partial charge in [-0.3, -0.25) is 13.9 Å².